The average molecular weight is 519 g/mol. The van der Waals surface area contributed by atoms with Crippen LogP contribution in [-0.4, -0.2) is 25.1 Å². The third-order valence-corrected chi connectivity index (χ3v) is 6.46. The molecule has 5 aromatic rings. The number of aryl methyl sites for hydroxylation is 1. The lowest BCUT2D eigenvalue weighted by Gasteiger charge is -2.12. The highest BCUT2D eigenvalue weighted by molar-refractivity contribution is 5.95. The van der Waals surface area contributed by atoms with Crippen molar-refractivity contribution in [3.63, 3.8) is 0 Å². The maximum absolute atomic E-state index is 13.6. The number of aromatic amines is 2. The topological polar surface area (TPSA) is 82.3 Å². The summed E-state index contributed by atoms with van der Waals surface area (Å²) in [6.45, 7) is 14.3. The Morgan fingerprint density at radius 3 is 2.64 bits per heavy atom. The first-order valence-electron chi connectivity index (χ1n) is 12.9. The van der Waals surface area contributed by atoms with Crippen molar-refractivity contribution in [2.24, 2.45) is 5.92 Å². The Labute approximate surface area is 227 Å². The van der Waals surface area contributed by atoms with Crippen molar-refractivity contribution in [3.8, 4) is 22.6 Å². The average Bonchev–Trinajstić information content (AvgIpc) is 3.50. The second kappa shape index (κ2) is 10.9. The number of aromatic nitrogens is 5. The Morgan fingerprint density at radius 2 is 1.90 bits per heavy atom. The number of hydrogen-bond donors (Lipinski definition) is 3. The van der Waals surface area contributed by atoms with Crippen molar-refractivity contribution in [1.29, 1.82) is 0 Å². The fourth-order valence-corrected chi connectivity index (χ4v) is 4.73. The summed E-state index contributed by atoms with van der Waals surface area (Å²) in [6, 6.07) is 12.6. The van der Waals surface area contributed by atoms with E-state index < -0.39 is 0 Å². The van der Waals surface area contributed by atoms with Crippen LogP contribution in [0.2, 0.25) is 0 Å². The maximum atomic E-state index is 13.6. The molecule has 4 aromatic heterocycles. The van der Waals surface area contributed by atoms with Crippen LogP contribution in [0.5, 0.6) is 0 Å². The summed E-state index contributed by atoms with van der Waals surface area (Å²) in [5, 5.41) is 12.0. The van der Waals surface area contributed by atoms with Crippen LogP contribution >= 0.6 is 0 Å². The van der Waals surface area contributed by atoms with Gasteiger partial charge in [-0.05, 0) is 60.7 Å². The van der Waals surface area contributed by atoms with Gasteiger partial charge < -0.3 is 10.3 Å². The Hall–Kier alpha value is -4.78. The highest BCUT2D eigenvalue weighted by Crippen LogP contribution is 2.34. The van der Waals surface area contributed by atoms with E-state index in [4.69, 9.17) is 0 Å². The van der Waals surface area contributed by atoms with Gasteiger partial charge in [0.15, 0.2) is 0 Å². The molecule has 6 nitrogen and oxygen atoms in total. The number of hydrogen-bond acceptors (Lipinski definition) is 4. The number of benzene rings is 1. The van der Waals surface area contributed by atoms with Gasteiger partial charge in [0.1, 0.15) is 11.5 Å². The molecule has 0 unspecified atom stereocenters. The molecule has 0 aliphatic heterocycles. The first-order valence-corrected chi connectivity index (χ1v) is 12.9. The second-order valence-corrected chi connectivity index (χ2v) is 10.0. The minimum atomic E-state index is -0.271. The lowest BCUT2D eigenvalue weighted by molar-refractivity contribution is 0.627. The fraction of sp³-hybridized carbons (Fsp3) is 0.156. The van der Waals surface area contributed by atoms with E-state index in [0.717, 1.165) is 73.7 Å². The van der Waals surface area contributed by atoms with Crippen LogP contribution in [0, 0.1) is 18.7 Å². The van der Waals surface area contributed by atoms with Crippen LogP contribution < -0.4 is 5.32 Å². The van der Waals surface area contributed by atoms with E-state index in [1.807, 2.05) is 25.1 Å². The summed E-state index contributed by atoms with van der Waals surface area (Å²) < 4.78 is 13.6. The van der Waals surface area contributed by atoms with E-state index >= 15 is 0 Å². The van der Waals surface area contributed by atoms with Crippen molar-refractivity contribution < 1.29 is 4.39 Å². The van der Waals surface area contributed by atoms with Crippen LogP contribution in [0.15, 0.2) is 92.1 Å². The van der Waals surface area contributed by atoms with E-state index in [1.54, 1.807) is 36.8 Å². The third-order valence-electron chi connectivity index (χ3n) is 6.46. The fourth-order valence-electron chi connectivity index (χ4n) is 4.73. The first-order chi connectivity index (χ1) is 18.8. The summed E-state index contributed by atoms with van der Waals surface area (Å²) in [6.07, 6.45) is 9.93. The molecule has 39 heavy (non-hydrogen) atoms. The van der Waals surface area contributed by atoms with Gasteiger partial charge in [0, 0.05) is 34.1 Å². The van der Waals surface area contributed by atoms with Gasteiger partial charge in [0.2, 0.25) is 0 Å². The zero-order valence-electron chi connectivity index (χ0n) is 22.3. The Bertz CT molecular complexity index is 1690. The molecule has 1 aromatic carbocycles. The molecular weight excluding hydrogens is 487 g/mol. The van der Waals surface area contributed by atoms with Gasteiger partial charge in [-0.15, -0.1) is 0 Å². The number of pyridine rings is 2. The predicted molar refractivity (Wildman–Crippen MR) is 158 cm³/mol. The highest BCUT2D eigenvalue weighted by atomic mass is 19.1. The van der Waals surface area contributed by atoms with Crippen LogP contribution in [-0.2, 0) is 0 Å². The molecule has 4 heterocycles. The maximum Gasteiger partial charge on any atom is 0.123 e. The first kappa shape index (κ1) is 25.9. The van der Waals surface area contributed by atoms with Gasteiger partial charge in [0.25, 0.3) is 0 Å². The van der Waals surface area contributed by atoms with E-state index in [9.17, 15) is 4.39 Å². The van der Waals surface area contributed by atoms with Crippen molar-refractivity contribution in [3.05, 3.63) is 115 Å². The molecule has 0 radical (unpaired) electrons. The number of halogens is 1. The Balaban J connectivity index is 1.50. The summed E-state index contributed by atoms with van der Waals surface area (Å²) in [5.41, 5.74) is 9.79. The van der Waals surface area contributed by atoms with Gasteiger partial charge in [-0.3, -0.25) is 15.1 Å². The molecule has 3 N–H and O–H groups in total. The van der Waals surface area contributed by atoms with Gasteiger partial charge in [0.05, 0.1) is 35.0 Å². The number of H-pyrrole nitrogens is 2. The minimum absolute atomic E-state index is 0.271. The SMILES string of the molecule is C=C/C=C(/c1ccc(F)cc1)c1cc(-c2n[nH]c3cnc(-c4cncc(NC(=C)CC(C)C)c4)cc23)[nH]c1C. The van der Waals surface area contributed by atoms with Crippen molar-refractivity contribution >= 4 is 22.2 Å². The molecule has 0 fully saturated rings. The van der Waals surface area contributed by atoms with E-state index in [-0.39, 0.29) is 5.82 Å². The Kier molecular flexibility index (Phi) is 7.23. The van der Waals surface area contributed by atoms with Gasteiger partial charge in [-0.25, -0.2) is 4.39 Å². The molecule has 0 saturated heterocycles. The molecule has 0 aliphatic carbocycles. The summed E-state index contributed by atoms with van der Waals surface area (Å²) >= 11 is 0. The molecule has 0 aliphatic rings. The molecule has 0 atom stereocenters. The van der Waals surface area contributed by atoms with Gasteiger partial charge in [-0.2, -0.15) is 5.10 Å². The smallest absolute Gasteiger partial charge is 0.123 e. The van der Waals surface area contributed by atoms with Gasteiger partial charge >= 0.3 is 0 Å². The zero-order valence-corrected chi connectivity index (χ0v) is 22.3. The summed E-state index contributed by atoms with van der Waals surface area (Å²) in [4.78, 5) is 12.5. The molecule has 7 heteroatoms. The number of fused-ring (bicyclic) bond motifs is 1. The van der Waals surface area contributed by atoms with Crippen molar-refractivity contribution in [2.75, 3.05) is 5.32 Å². The van der Waals surface area contributed by atoms with E-state index in [2.05, 4.69) is 63.5 Å². The number of anilines is 1. The number of allylic oxidation sites excluding steroid dienone is 3. The summed E-state index contributed by atoms with van der Waals surface area (Å²) in [7, 11) is 0. The number of nitrogens with one attached hydrogen (secondary N) is 3. The molecule has 0 amide bonds. The van der Waals surface area contributed by atoms with Crippen LogP contribution in [0.1, 0.15) is 37.1 Å². The standard InChI is InChI=1S/C32H31FN6/c1-6-7-26(22-8-10-24(33)11-9-22)27-14-30(37-21(27)5)32-28-15-29(35-18-31(28)38-39-32)23-13-25(17-34-16-23)36-20(4)12-19(2)3/h6-11,13-19,36-37H,1,4,12H2,2-3,5H3,(H,38,39)/b26-7-. The molecule has 0 spiro atoms. The van der Waals surface area contributed by atoms with Crippen LogP contribution in [0.25, 0.3) is 39.1 Å². The molecule has 0 bridgehead atoms. The zero-order chi connectivity index (χ0) is 27.5. The molecule has 196 valence electrons. The molecular formula is C32H31FN6. The lowest BCUT2D eigenvalue weighted by atomic mass is 9.97. The number of nitrogens with zero attached hydrogens (tertiary/aromatic N) is 3. The quantitative estimate of drug-likeness (QED) is 0.172. The lowest BCUT2D eigenvalue weighted by Crippen LogP contribution is -2.02. The van der Waals surface area contributed by atoms with E-state index in [0.29, 0.717) is 5.92 Å². The normalized spacial score (nSPS) is 11.8. The van der Waals surface area contributed by atoms with E-state index in [1.165, 1.54) is 12.1 Å². The molecule has 5 rings (SSSR count). The molecule has 0 saturated carbocycles. The van der Waals surface area contributed by atoms with Gasteiger partial charge in [-0.1, -0.05) is 51.3 Å². The largest absolute Gasteiger partial charge is 0.358 e. The minimum Gasteiger partial charge on any atom is -0.358 e. The monoisotopic (exact) mass is 518 g/mol. The van der Waals surface area contributed by atoms with Crippen molar-refractivity contribution in [2.45, 2.75) is 27.2 Å². The number of rotatable bonds is 9. The second-order valence-electron chi connectivity index (χ2n) is 10.0. The third kappa shape index (κ3) is 5.57. The van der Waals surface area contributed by atoms with Crippen molar-refractivity contribution in [1.82, 2.24) is 25.1 Å². The summed E-state index contributed by atoms with van der Waals surface area (Å²) in [5.74, 6) is 0.244. The highest BCUT2D eigenvalue weighted by Gasteiger charge is 2.17. The van der Waals surface area contributed by atoms with Crippen LogP contribution in [0.3, 0.4) is 0 Å². The Morgan fingerprint density at radius 1 is 1.10 bits per heavy atom. The van der Waals surface area contributed by atoms with Crippen LogP contribution in [0.4, 0.5) is 10.1 Å². The predicted octanol–water partition coefficient (Wildman–Crippen LogP) is 8.05.